The Morgan fingerprint density at radius 1 is 1.50 bits per heavy atom. The molecule has 5 heteroatoms. The van der Waals surface area contributed by atoms with E-state index in [1.807, 2.05) is 0 Å². The molecule has 0 saturated carbocycles. The van der Waals surface area contributed by atoms with Gasteiger partial charge >= 0.3 is 5.97 Å². The number of benzene rings is 1. The topological polar surface area (TPSA) is 76.0 Å². The van der Waals surface area contributed by atoms with Crippen LogP contribution in [0.5, 0.6) is 11.5 Å². The molecule has 74 valence electrons. The lowest BCUT2D eigenvalue weighted by Crippen LogP contribution is -1.96. The highest BCUT2D eigenvalue weighted by molar-refractivity contribution is 5.95. The Morgan fingerprint density at radius 3 is 2.86 bits per heavy atom. The fraction of sp³-hybridized carbons (Fsp3) is 0.222. The number of aliphatic hydroxyl groups excluding tert-OH is 1. The predicted molar refractivity (Wildman–Crippen MR) is 45.0 cm³/mol. The number of aliphatic hydroxyl groups is 1. The van der Waals surface area contributed by atoms with Crippen LogP contribution in [-0.2, 0) is 4.74 Å². The maximum absolute atomic E-state index is 11.1. The Morgan fingerprint density at radius 2 is 2.21 bits per heavy atom. The van der Waals surface area contributed by atoms with Crippen LogP contribution in [0.2, 0.25) is 0 Å². The third kappa shape index (κ3) is 1.10. The van der Waals surface area contributed by atoms with Crippen LogP contribution in [0.4, 0.5) is 0 Å². The Bertz CT molecular complexity index is 398. The second-order valence-corrected chi connectivity index (χ2v) is 2.87. The monoisotopic (exact) mass is 196 g/mol. The zero-order valence-electron chi connectivity index (χ0n) is 7.35. The molecule has 14 heavy (non-hydrogen) atoms. The molecule has 0 aromatic heterocycles. The molecule has 0 bridgehead atoms. The summed E-state index contributed by atoms with van der Waals surface area (Å²) in [5.74, 6) is -0.535. The average Bonchev–Trinajstić information content (AvgIpc) is 2.42. The molecule has 5 nitrogen and oxygen atoms in total. The summed E-state index contributed by atoms with van der Waals surface area (Å²) in [5.41, 5.74) is 0.227. The van der Waals surface area contributed by atoms with E-state index in [2.05, 4.69) is 4.74 Å². The second kappa shape index (κ2) is 2.88. The quantitative estimate of drug-likeness (QED) is 0.642. The summed E-state index contributed by atoms with van der Waals surface area (Å²) in [6.45, 7) is 0. The van der Waals surface area contributed by atoms with Crippen molar-refractivity contribution in [3.8, 4) is 11.5 Å². The molecule has 0 spiro atoms. The Kier molecular flexibility index (Phi) is 1.82. The first-order chi connectivity index (χ1) is 6.63. The van der Waals surface area contributed by atoms with E-state index < -0.39 is 12.3 Å². The van der Waals surface area contributed by atoms with Crippen molar-refractivity contribution in [1.29, 1.82) is 0 Å². The van der Waals surface area contributed by atoms with Gasteiger partial charge in [-0.25, -0.2) is 4.79 Å². The molecule has 0 saturated heterocycles. The van der Waals surface area contributed by atoms with E-state index in [1.165, 1.54) is 19.2 Å². The minimum absolute atomic E-state index is 0.0933. The number of carbonyl (C=O) groups excluding carboxylic acids is 1. The number of hydrogen-bond acceptors (Lipinski definition) is 5. The van der Waals surface area contributed by atoms with Gasteiger partial charge in [0.25, 0.3) is 0 Å². The number of esters is 1. The molecule has 1 heterocycles. The molecule has 0 fully saturated rings. The highest BCUT2D eigenvalue weighted by Crippen LogP contribution is 2.38. The van der Waals surface area contributed by atoms with E-state index in [1.54, 1.807) is 0 Å². The molecule has 1 aromatic rings. The molecular weight excluding hydrogens is 188 g/mol. The lowest BCUT2D eigenvalue weighted by molar-refractivity contribution is -0.0555. The summed E-state index contributed by atoms with van der Waals surface area (Å²) < 4.78 is 9.37. The Hall–Kier alpha value is -1.75. The van der Waals surface area contributed by atoms with Crippen LogP contribution >= 0.6 is 0 Å². The van der Waals surface area contributed by atoms with E-state index in [-0.39, 0.29) is 16.9 Å². The summed E-state index contributed by atoms with van der Waals surface area (Å²) in [5, 5.41) is 18.7. The van der Waals surface area contributed by atoms with Crippen LogP contribution in [0, 0.1) is 0 Å². The fourth-order valence-electron chi connectivity index (χ4n) is 1.38. The first-order valence-corrected chi connectivity index (χ1v) is 3.93. The summed E-state index contributed by atoms with van der Waals surface area (Å²) in [6.07, 6.45) is -1.39. The van der Waals surface area contributed by atoms with E-state index in [0.29, 0.717) is 5.75 Å². The Balaban J connectivity index is 2.62. The number of phenolic OH excluding ortho intramolecular Hbond substituents is 1. The molecule has 0 radical (unpaired) electrons. The molecule has 2 N–H and O–H groups in total. The van der Waals surface area contributed by atoms with E-state index >= 15 is 0 Å². The minimum atomic E-state index is -1.39. The maximum atomic E-state index is 11.1. The van der Waals surface area contributed by atoms with Crippen molar-refractivity contribution < 1.29 is 24.5 Å². The van der Waals surface area contributed by atoms with Gasteiger partial charge in [0.05, 0.1) is 18.2 Å². The molecular formula is C9H8O5. The van der Waals surface area contributed by atoms with Crippen molar-refractivity contribution in [3.05, 3.63) is 23.3 Å². The van der Waals surface area contributed by atoms with Gasteiger partial charge in [-0.3, -0.25) is 0 Å². The number of fused-ring (bicyclic) bond motifs is 1. The number of cyclic esters (lactones) is 1. The maximum Gasteiger partial charge on any atom is 0.341 e. The molecule has 0 unspecified atom stereocenters. The van der Waals surface area contributed by atoms with Crippen molar-refractivity contribution in [2.75, 3.05) is 7.11 Å². The normalized spacial score (nSPS) is 19.0. The molecule has 1 atom stereocenters. The number of rotatable bonds is 1. The van der Waals surface area contributed by atoms with Crippen LogP contribution in [0.15, 0.2) is 12.1 Å². The first kappa shape index (κ1) is 8.83. The summed E-state index contributed by atoms with van der Waals surface area (Å²) in [6, 6.07) is 2.72. The highest BCUT2D eigenvalue weighted by atomic mass is 16.6. The number of aromatic hydroxyl groups is 1. The lowest BCUT2D eigenvalue weighted by atomic mass is 10.1. The zero-order chi connectivity index (χ0) is 10.3. The third-order valence-corrected chi connectivity index (χ3v) is 2.05. The van der Waals surface area contributed by atoms with Gasteiger partial charge in [0.2, 0.25) is 6.29 Å². The predicted octanol–water partition coefficient (Wildman–Crippen LogP) is 0.562. The van der Waals surface area contributed by atoms with Crippen LogP contribution in [-0.4, -0.2) is 23.3 Å². The van der Waals surface area contributed by atoms with Gasteiger partial charge < -0.3 is 19.7 Å². The van der Waals surface area contributed by atoms with Crippen LogP contribution in [0.1, 0.15) is 22.2 Å². The smallest absolute Gasteiger partial charge is 0.341 e. The van der Waals surface area contributed by atoms with Gasteiger partial charge in [-0.15, -0.1) is 0 Å². The van der Waals surface area contributed by atoms with Gasteiger partial charge in [0.15, 0.2) is 0 Å². The number of methoxy groups -OCH3 is 1. The number of hydrogen-bond donors (Lipinski definition) is 2. The number of carbonyl (C=O) groups is 1. The average molecular weight is 196 g/mol. The standard InChI is InChI=1S/C9H8O5/c1-13-4-2-5-7(6(10)3-4)9(12)14-8(5)11/h2-3,9-10,12H,1H3/t9-/m0/s1. The molecule has 1 aliphatic rings. The van der Waals surface area contributed by atoms with Gasteiger partial charge in [-0.05, 0) is 6.07 Å². The molecule has 1 aromatic carbocycles. The molecule has 1 aliphatic heterocycles. The van der Waals surface area contributed by atoms with Crippen LogP contribution in [0.3, 0.4) is 0 Å². The van der Waals surface area contributed by atoms with Crippen molar-refractivity contribution >= 4 is 5.97 Å². The summed E-state index contributed by atoms with van der Waals surface area (Å²) >= 11 is 0. The summed E-state index contributed by atoms with van der Waals surface area (Å²) in [7, 11) is 1.41. The largest absolute Gasteiger partial charge is 0.507 e. The van der Waals surface area contributed by atoms with Crippen LogP contribution in [0.25, 0.3) is 0 Å². The summed E-state index contributed by atoms with van der Waals surface area (Å²) in [4.78, 5) is 11.1. The van der Waals surface area contributed by atoms with Gasteiger partial charge in [-0.2, -0.15) is 0 Å². The Labute approximate surface area is 79.5 Å². The van der Waals surface area contributed by atoms with E-state index in [0.717, 1.165) is 0 Å². The second-order valence-electron chi connectivity index (χ2n) is 2.87. The zero-order valence-corrected chi connectivity index (χ0v) is 7.35. The van der Waals surface area contributed by atoms with Crippen molar-refractivity contribution in [1.82, 2.24) is 0 Å². The molecule has 0 aliphatic carbocycles. The highest BCUT2D eigenvalue weighted by Gasteiger charge is 2.33. The minimum Gasteiger partial charge on any atom is -0.507 e. The fourth-order valence-corrected chi connectivity index (χ4v) is 1.38. The van der Waals surface area contributed by atoms with Crippen molar-refractivity contribution in [2.24, 2.45) is 0 Å². The first-order valence-electron chi connectivity index (χ1n) is 3.93. The van der Waals surface area contributed by atoms with Crippen molar-refractivity contribution in [2.45, 2.75) is 6.29 Å². The lowest BCUT2D eigenvalue weighted by Gasteiger charge is -2.05. The third-order valence-electron chi connectivity index (χ3n) is 2.05. The number of ether oxygens (including phenoxy) is 2. The molecule has 0 amide bonds. The van der Waals surface area contributed by atoms with E-state index in [9.17, 15) is 15.0 Å². The molecule has 2 rings (SSSR count). The van der Waals surface area contributed by atoms with Crippen molar-refractivity contribution in [3.63, 3.8) is 0 Å². The number of phenols is 1. The van der Waals surface area contributed by atoms with Crippen LogP contribution < -0.4 is 4.74 Å². The van der Waals surface area contributed by atoms with Gasteiger partial charge in [-0.1, -0.05) is 0 Å². The van der Waals surface area contributed by atoms with Gasteiger partial charge in [0.1, 0.15) is 11.5 Å². The SMILES string of the molecule is COc1cc(O)c2c(c1)C(=O)O[C@@H]2O. The van der Waals surface area contributed by atoms with Gasteiger partial charge in [0, 0.05) is 6.07 Å². The van der Waals surface area contributed by atoms with E-state index in [4.69, 9.17) is 4.74 Å².